The zero-order valence-corrected chi connectivity index (χ0v) is 22.4. The number of hydrogen-bond donors (Lipinski definition) is 1. The molecule has 1 heterocycles. The Morgan fingerprint density at radius 1 is 1.03 bits per heavy atom. The Labute approximate surface area is 223 Å². The van der Waals surface area contributed by atoms with Crippen LogP contribution in [0.2, 0.25) is 0 Å². The molecule has 1 aromatic heterocycles. The topological polar surface area (TPSA) is 89.3 Å². The number of ether oxygens (including phenoxy) is 1. The van der Waals surface area contributed by atoms with Crippen molar-refractivity contribution in [2.24, 2.45) is 5.92 Å². The largest absolute Gasteiger partial charge is 0.497 e. The molecule has 0 aliphatic heterocycles. The molecule has 8 nitrogen and oxygen atoms in total. The fourth-order valence-corrected chi connectivity index (χ4v) is 4.35. The summed E-state index contributed by atoms with van der Waals surface area (Å²) in [5.41, 5.74) is 4.15. The third-order valence-corrected chi connectivity index (χ3v) is 6.49. The molecule has 0 saturated carbocycles. The van der Waals surface area contributed by atoms with Gasteiger partial charge in [-0.05, 0) is 54.7 Å². The lowest BCUT2D eigenvalue weighted by Gasteiger charge is -2.32. The standard InChI is InChI=1S/C30H35N5O3/c1-21(2)16-17-31-30(37)29(24-14-12-22(3)13-15-24)34(19-23-8-7-9-25(18-23)38-4)28(36)20-35-27-11-6-5-10-26(27)32-33-35/h5-15,18,21,29H,16-17,19-20H2,1-4H3,(H,31,37)/t29-/m1/s1. The highest BCUT2D eigenvalue weighted by Gasteiger charge is 2.32. The molecule has 38 heavy (non-hydrogen) atoms. The maximum absolute atomic E-state index is 14.0. The predicted octanol–water partition coefficient (Wildman–Crippen LogP) is 4.68. The molecule has 0 saturated heterocycles. The van der Waals surface area contributed by atoms with E-state index in [9.17, 15) is 9.59 Å². The summed E-state index contributed by atoms with van der Waals surface area (Å²) in [6.07, 6.45) is 0.848. The molecular formula is C30H35N5O3. The number of carbonyl (C=O) groups is 2. The third-order valence-electron chi connectivity index (χ3n) is 6.49. The number of aromatic nitrogens is 3. The van der Waals surface area contributed by atoms with Crippen molar-refractivity contribution < 1.29 is 14.3 Å². The van der Waals surface area contributed by atoms with Gasteiger partial charge in [-0.15, -0.1) is 5.10 Å². The van der Waals surface area contributed by atoms with Crippen molar-refractivity contribution in [1.82, 2.24) is 25.2 Å². The summed E-state index contributed by atoms with van der Waals surface area (Å²) < 4.78 is 6.99. The molecule has 0 fully saturated rings. The van der Waals surface area contributed by atoms with Gasteiger partial charge in [0.2, 0.25) is 11.8 Å². The maximum atomic E-state index is 14.0. The summed E-state index contributed by atoms with van der Waals surface area (Å²) in [4.78, 5) is 29.4. The molecule has 0 aliphatic carbocycles. The van der Waals surface area contributed by atoms with Gasteiger partial charge in [-0.2, -0.15) is 0 Å². The highest BCUT2D eigenvalue weighted by Crippen LogP contribution is 2.26. The van der Waals surface area contributed by atoms with Gasteiger partial charge in [0, 0.05) is 13.1 Å². The lowest BCUT2D eigenvalue weighted by atomic mass is 10.0. The van der Waals surface area contributed by atoms with E-state index in [1.165, 1.54) is 0 Å². The van der Waals surface area contributed by atoms with Gasteiger partial charge in [-0.1, -0.05) is 73.2 Å². The molecule has 1 N–H and O–H groups in total. The van der Waals surface area contributed by atoms with Crippen LogP contribution in [0, 0.1) is 12.8 Å². The molecule has 4 rings (SSSR count). The number of fused-ring (bicyclic) bond motifs is 1. The maximum Gasteiger partial charge on any atom is 0.247 e. The Bertz CT molecular complexity index is 1380. The third kappa shape index (κ3) is 6.56. The first-order valence-electron chi connectivity index (χ1n) is 12.9. The van der Waals surface area contributed by atoms with E-state index in [0.29, 0.717) is 23.7 Å². The SMILES string of the molecule is COc1cccc(CN(C(=O)Cn2nnc3ccccc32)[C@@H](C(=O)NCCC(C)C)c2ccc(C)cc2)c1. The highest BCUT2D eigenvalue weighted by atomic mass is 16.5. The molecule has 0 aliphatic rings. The Kier molecular flexibility index (Phi) is 8.73. The second-order valence-electron chi connectivity index (χ2n) is 9.90. The van der Waals surface area contributed by atoms with Crippen LogP contribution in [0.3, 0.4) is 0 Å². The van der Waals surface area contributed by atoms with Crippen molar-refractivity contribution in [2.75, 3.05) is 13.7 Å². The molecule has 2 amide bonds. The van der Waals surface area contributed by atoms with Gasteiger partial charge < -0.3 is 15.0 Å². The fourth-order valence-electron chi connectivity index (χ4n) is 4.35. The number of para-hydroxylation sites is 1. The second kappa shape index (κ2) is 12.4. The predicted molar refractivity (Wildman–Crippen MR) is 147 cm³/mol. The van der Waals surface area contributed by atoms with Gasteiger partial charge in [0.15, 0.2) is 0 Å². The van der Waals surface area contributed by atoms with E-state index in [4.69, 9.17) is 4.74 Å². The number of nitrogens with one attached hydrogen (secondary N) is 1. The molecule has 4 aromatic rings. The second-order valence-corrected chi connectivity index (χ2v) is 9.90. The van der Waals surface area contributed by atoms with Gasteiger partial charge in [0.1, 0.15) is 23.9 Å². The first-order valence-corrected chi connectivity index (χ1v) is 12.9. The molecule has 198 valence electrons. The summed E-state index contributed by atoms with van der Waals surface area (Å²) in [5, 5.41) is 11.5. The lowest BCUT2D eigenvalue weighted by Crippen LogP contribution is -2.45. The number of benzene rings is 3. The van der Waals surface area contributed by atoms with Gasteiger partial charge in [-0.3, -0.25) is 9.59 Å². The number of aryl methyl sites for hydroxylation is 1. The van der Waals surface area contributed by atoms with Crippen LogP contribution in [0.15, 0.2) is 72.8 Å². The Hall–Kier alpha value is -4.20. The first-order chi connectivity index (χ1) is 18.4. The van der Waals surface area contributed by atoms with Crippen molar-refractivity contribution in [1.29, 1.82) is 0 Å². The van der Waals surface area contributed by atoms with Crippen molar-refractivity contribution in [2.45, 2.75) is 46.3 Å². The molecular weight excluding hydrogens is 478 g/mol. The van der Waals surface area contributed by atoms with Crippen molar-refractivity contribution >= 4 is 22.8 Å². The van der Waals surface area contributed by atoms with E-state index < -0.39 is 6.04 Å². The van der Waals surface area contributed by atoms with Crippen molar-refractivity contribution in [3.05, 3.63) is 89.5 Å². The number of carbonyl (C=O) groups excluding carboxylic acids is 2. The first kappa shape index (κ1) is 26.9. The molecule has 0 radical (unpaired) electrons. The summed E-state index contributed by atoms with van der Waals surface area (Å²) >= 11 is 0. The van der Waals surface area contributed by atoms with Crippen molar-refractivity contribution in [3.63, 3.8) is 0 Å². The quantitative estimate of drug-likeness (QED) is 0.315. The normalized spacial score (nSPS) is 11.9. The van der Waals surface area contributed by atoms with Crippen LogP contribution in [0.4, 0.5) is 0 Å². The van der Waals surface area contributed by atoms with E-state index in [1.807, 2.05) is 79.7 Å². The minimum Gasteiger partial charge on any atom is -0.497 e. The molecule has 8 heteroatoms. The molecule has 3 aromatic carbocycles. The van der Waals surface area contributed by atoms with E-state index in [2.05, 4.69) is 29.5 Å². The van der Waals surface area contributed by atoms with Crippen LogP contribution in [0.25, 0.3) is 11.0 Å². The number of amides is 2. The molecule has 0 bridgehead atoms. The van der Waals surface area contributed by atoms with Gasteiger partial charge >= 0.3 is 0 Å². The summed E-state index contributed by atoms with van der Waals surface area (Å²) in [6.45, 7) is 6.94. The average Bonchev–Trinajstić information content (AvgIpc) is 3.32. The summed E-state index contributed by atoms with van der Waals surface area (Å²) in [5.74, 6) is 0.677. The number of rotatable bonds is 11. The Morgan fingerprint density at radius 2 is 1.79 bits per heavy atom. The van der Waals surface area contributed by atoms with Crippen LogP contribution in [-0.4, -0.2) is 45.4 Å². The van der Waals surface area contributed by atoms with Gasteiger partial charge in [-0.25, -0.2) is 4.68 Å². The molecule has 0 unspecified atom stereocenters. The molecule has 0 spiro atoms. The van der Waals surface area contributed by atoms with E-state index in [1.54, 1.807) is 16.7 Å². The lowest BCUT2D eigenvalue weighted by molar-refractivity contribution is -0.142. The minimum absolute atomic E-state index is 0.0495. The van der Waals surface area contributed by atoms with Crippen LogP contribution in [0.5, 0.6) is 5.75 Å². The van der Waals surface area contributed by atoms with Crippen LogP contribution in [-0.2, 0) is 22.7 Å². The van der Waals surface area contributed by atoms with Crippen LogP contribution < -0.4 is 10.1 Å². The van der Waals surface area contributed by atoms with Gasteiger partial charge in [0.25, 0.3) is 0 Å². The Balaban J connectivity index is 1.72. The highest BCUT2D eigenvalue weighted by molar-refractivity contribution is 5.89. The zero-order valence-electron chi connectivity index (χ0n) is 22.4. The summed E-state index contributed by atoms with van der Waals surface area (Å²) in [7, 11) is 1.61. The number of nitrogens with zero attached hydrogens (tertiary/aromatic N) is 4. The fraction of sp³-hybridized carbons (Fsp3) is 0.333. The van der Waals surface area contributed by atoms with Crippen LogP contribution in [0.1, 0.15) is 43.0 Å². The average molecular weight is 514 g/mol. The zero-order chi connectivity index (χ0) is 27.1. The van der Waals surface area contributed by atoms with E-state index in [0.717, 1.165) is 28.6 Å². The smallest absolute Gasteiger partial charge is 0.247 e. The summed E-state index contributed by atoms with van der Waals surface area (Å²) in [6, 6.07) is 22.0. The number of hydrogen-bond acceptors (Lipinski definition) is 5. The van der Waals surface area contributed by atoms with Crippen LogP contribution >= 0.6 is 0 Å². The minimum atomic E-state index is -0.823. The monoisotopic (exact) mass is 513 g/mol. The van der Waals surface area contributed by atoms with E-state index in [-0.39, 0.29) is 24.9 Å². The van der Waals surface area contributed by atoms with Gasteiger partial charge in [0.05, 0.1) is 12.6 Å². The Morgan fingerprint density at radius 3 is 2.53 bits per heavy atom. The van der Waals surface area contributed by atoms with E-state index >= 15 is 0 Å². The number of methoxy groups -OCH3 is 1. The molecule has 1 atom stereocenters. The van der Waals surface area contributed by atoms with Crippen molar-refractivity contribution in [3.8, 4) is 5.75 Å².